The van der Waals surface area contributed by atoms with Crippen LogP contribution in [0.15, 0.2) is 16.2 Å². The van der Waals surface area contributed by atoms with Crippen molar-refractivity contribution < 1.29 is 9.90 Å². The van der Waals surface area contributed by atoms with Crippen LogP contribution in [0.25, 0.3) is 10.2 Å². The molecular weight excluding hydrogens is 278 g/mol. The number of carboxylic acid groups (broad SMARTS) is 1. The Morgan fingerprint density at radius 2 is 2.30 bits per heavy atom. The number of aromatic nitrogens is 2. The minimum atomic E-state index is -0.828. The van der Waals surface area contributed by atoms with Gasteiger partial charge in [0.1, 0.15) is 10.5 Å². The van der Waals surface area contributed by atoms with E-state index in [1.165, 1.54) is 11.3 Å². The number of aliphatic carboxylic acids is 1. The van der Waals surface area contributed by atoms with E-state index in [0.29, 0.717) is 29.1 Å². The molecule has 2 heterocycles. The molecular formula is C13H17N3O3S. The van der Waals surface area contributed by atoms with Crippen LogP contribution in [-0.4, -0.2) is 38.5 Å². The summed E-state index contributed by atoms with van der Waals surface area (Å²) in [6.45, 7) is 4.84. The quantitative estimate of drug-likeness (QED) is 0.846. The maximum absolute atomic E-state index is 11.9. The third-order valence-corrected chi connectivity index (χ3v) is 3.96. The SMILES string of the molecule is CC(C)N(CCC(=O)O)Cc1nc2ccsc2c(=O)[nH]1. The molecule has 20 heavy (non-hydrogen) atoms. The Kier molecular flexibility index (Phi) is 4.51. The molecule has 0 amide bonds. The first kappa shape index (κ1) is 14.7. The molecule has 108 valence electrons. The third kappa shape index (κ3) is 3.43. The van der Waals surface area contributed by atoms with Crippen molar-refractivity contribution >= 4 is 27.5 Å². The normalized spacial score (nSPS) is 11.6. The summed E-state index contributed by atoms with van der Waals surface area (Å²) in [5.74, 6) is -0.259. The first-order chi connectivity index (χ1) is 9.47. The summed E-state index contributed by atoms with van der Waals surface area (Å²) in [5, 5.41) is 10.6. The predicted molar refractivity (Wildman–Crippen MR) is 78.0 cm³/mol. The Balaban J connectivity index is 2.19. The monoisotopic (exact) mass is 295 g/mol. The number of thiophene rings is 1. The van der Waals surface area contributed by atoms with E-state index >= 15 is 0 Å². The van der Waals surface area contributed by atoms with Crippen LogP contribution in [-0.2, 0) is 11.3 Å². The molecule has 6 nitrogen and oxygen atoms in total. The second-order valence-corrected chi connectivity index (χ2v) is 5.77. The van der Waals surface area contributed by atoms with Crippen LogP contribution >= 0.6 is 11.3 Å². The van der Waals surface area contributed by atoms with Crippen LogP contribution in [0.3, 0.4) is 0 Å². The second-order valence-electron chi connectivity index (χ2n) is 4.86. The summed E-state index contributed by atoms with van der Waals surface area (Å²) in [7, 11) is 0. The summed E-state index contributed by atoms with van der Waals surface area (Å²) in [6.07, 6.45) is 0.0725. The van der Waals surface area contributed by atoms with Crippen LogP contribution in [0.4, 0.5) is 0 Å². The number of aromatic amines is 1. The molecule has 0 aliphatic carbocycles. The van der Waals surface area contributed by atoms with Gasteiger partial charge in [-0.2, -0.15) is 0 Å². The zero-order valence-electron chi connectivity index (χ0n) is 11.4. The minimum Gasteiger partial charge on any atom is -0.481 e. The lowest BCUT2D eigenvalue weighted by Gasteiger charge is -2.25. The third-order valence-electron chi connectivity index (χ3n) is 3.06. The van der Waals surface area contributed by atoms with Crippen LogP contribution in [0.2, 0.25) is 0 Å². The van der Waals surface area contributed by atoms with Crippen molar-refractivity contribution in [2.24, 2.45) is 0 Å². The molecule has 2 aromatic rings. The maximum atomic E-state index is 11.9. The van der Waals surface area contributed by atoms with Crippen LogP contribution in [0.1, 0.15) is 26.1 Å². The average Bonchev–Trinajstić information content (AvgIpc) is 2.82. The molecule has 0 atom stereocenters. The number of hydrogen-bond acceptors (Lipinski definition) is 5. The van der Waals surface area contributed by atoms with Gasteiger partial charge in [-0.25, -0.2) is 4.98 Å². The molecule has 0 saturated carbocycles. The van der Waals surface area contributed by atoms with Gasteiger partial charge in [-0.15, -0.1) is 11.3 Å². The average molecular weight is 295 g/mol. The van der Waals surface area contributed by atoms with Crippen molar-refractivity contribution in [3.63, 3.8) is 0 Å². The molecule has 2 aromatic heterocycles. The lowest BCUT2D eigenvalue weighted by molar-refractivity contribution is -0.137. The molecule has 0 radical (unpaired) electrons. The molecule has 0 spiro atoms. The van der Waals surface area contributed by atoms with E-state index < -0.39 is 5.97 Å². The highest BCUT2D eigenvalue weighted by molar-refractivity contribution is 7.17. The first-order valence-corrected chi connectivity index (χ1v) is 7.27. The molecule has 7 heteroatoms. The standard InChI is InChI=1S/C13H17N3O3S/c1-8(2)16(5-3-11(17)18)7-10-14-9-4-6-20-12(9)13(19)15-10/h4,6,8H,3,5,7H2,1-2H3,(H,17,18)(H,14,15,19). The van der Waals surface area contributed by atoms with Gasteiger partial charge >= 0.3 is 5.97 Å². The van der Waals surface area contributed by atoms with Gasteiger partial charge in [0, 0.05) is 12.6 Å². The highest BCUT2D eigenvalue weighted by Crippen LogP contribution is 2.14. The highest BCUT2D eigenvalue weighted by Gasteiger charge is 2.14. The summed E-state index contributed by atoms with van der Waals surface area (Å²) >= 11 is 1.36. The van der Waals surface area contributed by atoms with Gasteiger partial charge in [-0.1, -0.05) is 0 Å². The van der Waals surface area contributed by atoms with E-state index in [1.807, 2.05) is 30.2 Å². The first-order valence-electron chi connectivity index (χ1n) is 6.39. The second kappa shape index (κ2) is 6.15. The van der Waals surface area contributed by atoms with E-state index in [9.17, 15) is 9.59 Å². The predicted octanol–water partition coefficient (Wildman–Crippen LogP) is 1.67. The number of carboxylic acids is 1. The van der Waals surface area contributed by atoms with Crippen molar-refractivity contribution in [3.8, 4) is 0 Å². The molecule has 0 unspecified atom stereocenters. The van der Waals surface area contributed by atoms with E-state index in [-0.39, 0.29) is 18.0 Å². The fourth-order valence-electron chi connectivity index (χ4n) is 1.95. The fourth-order valence-corrected chi connectivity index (χ4v) is 2.67. The Labute approximate surface area is 120 Å². The molecule has 2 rings (SSSR count). The zero-order valence-corrected chi connectivity index (χ0v) is 12.2. The number of hydrogen-bond donors (Lipinski definition) is 2. The van der Waals surface area contributed by atoms with E-state index in [2.05, 4.69) is 9.97 Å². The van der Waals surface area contributed by atoms with Crippen molar-refractivity contribution in [3.05, 3.63) is 27.6 Å². The van der Waals surface area contributed by atoms with Crippen LogP contribution < -0.4 is 5.56 Å². The summed E-state index contributed by atoms with van der Waals surface area (Å²) in [6, 6.07) is 1.99. The zero-order chi connectivity index (χ0) is 14.7. The van der Waals surface area contributed by atoms with Gasteiger partial charge in [-0.3, -0.25) is 14.5 Å². The van der Waals surface area contributed by atoms with Crippen molar-refractivity contribution in [1.82, 2.24) is 14.9 Å². The topological polar surface area (TPSA) is 86.3 Å². The van der Waals surface area contributed by atoms with Crippen LogP contribution in [0, 0.1) is 0 Å². The number of nitrogens with one attached hydrogen (secondary N) is 1. The number of fused-ring (bicyclic) bond motifs is 1. The van der Waals surface area contributed by atoms with E-state index in [0.717, 1.165) is 0 Å². The number of H-pyrrole nitrogens is 1. The smallest absolute Gasteiger partial charge is 0.304 e. The molecule has 2 N–H and O–H groups in total. The number of nitrogens with zero attached hydrogens (tertiary/aromatic N) is 2. The Hall–Kier alpha value is -1.73. The molecule has 0 saturated heterocycles. The molecule has 0 aliphatic heterocycles. The largest absolute Gasteiger partial charge is 0.481 e. The maximum Gasteiger partial charge on any atom is 0.304 e. The molecule has 0 aromatic carbocycles. The molecule has 0 bridgehead atoms. The van der Waals surface area contributed by atoms with Gasteiger partial charge in [0.25, 0.3) is 5.56 Å². The summed E-state index contributed by atoms with van der Waals surface area (Å²) in [4.78, 5) is 31.7. The summed E-state index contributed by atoms with van der Waals surface area (Å²) in [5.41, 5.74) is 0.553. The van der Waals surface area contributed by atoms with Gasteiger partial charge in [-0.05, 0) is 25.3 Å². The summed E-state index contributed by atoms with van der Waals surface area (Å²) < 4.78 is 0.621. The fraction of sp³-hybridized carbons (Fsp3) is 0.462. The molecule has 0 aliphatic rings. The van der Waals surface area contributed by atoms with Gasteiger partial charge in [0.05, 0.1) is 18.5 Å². The van der Waals surface area contributed by atoms with E-state index in [4.69, 9.17) is 5.11 Å². The van der Waals surface area contributed by atoms with Gasteiger partial charge < -0.3 is 10.1 Å². The Morgan fingerprint density at radius 3 is 2.95 bits per heavy atom. The Morgan fingerprint density at radius 1 is 1.55 bits per heavy atom. The number of rotatable bonds is 6. The van der Waals surface area contributed by atoms with Gasteiger partial charge in [0.2, 0.25) is 0 Å². The molecule has 0 fully saturated rings. The number of carbonyl (C=O) groups is 1. The van der Waals surface area contributed by atoms with Crippen molar-refractivity contribution in [2.45, 2.75) is 32.9 Å². The van der Waals surface area contributed by atoms with E-state index in [1.54, 1.807) is 0 Å². The minimum absolute atomic E-state index is 0.0725. The van der Waals surface area contributed by atoms with Gasteiger partial charge in [0.15, 0.2) is 0 Å². The van der Waals surface area contributed by atoms with Crippen LogP contribution in [0.5, 0.6) is 0 Å². The van der Waals surface area contributed by atoms with Crippen molar-refractivity contribution in [1.29, 1.82) is 0 Å². The highest BCUT2D eigenvalue weighted by atomic mass is 32.1. The Bertz CT molecular complexity index is 662. The van der Waals surface area contributed by atoms with Crippen molar-refractivity contribution in [2.75, 3.05) is 6.54 Å². The lowest BCUT2D eigenvalue weighted by atomic mass is 10.2. The lowest BCUT2D eigenvalue weighted by Crippen LogP contribution is -2.33.